The molecule has 0 saturated heterocycles. The molecule has 0 N–H and O–H groups in total. The Morgan fingerprint density at radius 2 is 2.00 bits per heavy atom. The van der Waals surface area contributed by atoms with Crippen molar-refractivity contribution < 1.29 is 13.3 Å². The van der Waals surface area contributed by atoms with Gasteiger partial charge >= 0.3 is 8.80 Å². The molecule has 1 aromatic carbocycles. The molecule has 0 unspecified atom stereocenters. The molecular weight excluding hydrogens is 220 g/mol. The average Bonchev–Trinajstić information content (AvgIpc) is 2.36. The summed E-state index contributed by atoms with van der Waals surface area (Å²) in [5.74, 6) is 0. The van der Waals surface area contributed by atoms with Crippen LogP contribution in [0.5, 0.6) is 0 Å². The highest BCUT2D eigenvalue weighted by Gasteiger charge is 2.31. The minimum absolute atomic E-state index is 0.492. The Bertz CT molecular complexity index is 348. The summed E-state index contributed by atoms with van der Waals surface area (Å²) in [6.07, 6.45) is 1.81. The molecular formula is C12H18O3Si. The van der Waals surface area contributed by atoms with Crippen LogP contribution in [0.1, 0.15) is 11.1 Å². The molecule has 0 bridgehead atoms. The monoisotopic (exact) mass is 238 g/mol. The van der Waals surface area contributed by atoms with E-state index in [4.69, 9.17) is 13.3 Å². The van der Waals surface area contributed by atoms with E-state index in [0.717, 1.165) is 11.1 Å². The standard InChI is InChI=1S/C12H18O3Si/c1-5-11-7-6-8-12(9-11)10-15-16(4,13-2)14-3/h5-9H,1,10H2,2-4H3. The molecule has 0 atom stereocenters. The van der Waals surface area contributed by atoms with Crippen LogP contribution in [0.4, 0.5) is 0 Å². The highest BCUT2D eigenvalue weighted by molar-refractivity contribution is 6.59. The van der Waals surface area contributed by atoms with Gasteiger partial charge in [0.25, 0.3) is 0 Å². The lowest BCUT2D eigenvalue weighted by molar-refractivity contribution is 0.0987. The smallest absolute Gasteiger partial charge is 0.377 e. The van der Waals surface area contributed by atoms with E-state index >= 15 is 0 Å². The second-order valence-electron chi connectivity index (χ2n) is 3.51. The van der Waals surface area contributed by atoms with Gasteiger partial charge in [0.05, 0.1) is 6.61 Å². The molecule has 0 saturated carbocycles. The average molecular weight is 238 g/mol. The molecule has 0 heterocycles. The minimum atomic E-state index is -2.43. The lowest BCUT2D eigenvalue weighted by atomic mass is 10.1. The van der Waals surface area contributed by atoms with Crippen LogP contribution in [0.2, 0.25) is 6.55 Å². The van der Waals surface area contributed by atoms with Gasteiger partial charge in [0.2, 0.25) is 0 Å². The maximum Gasteiger partial charge on any atom is 0.497 e. The Balaban J connectivity index is 2.63. The first-order valence-corrected chi connectivity index (χ1v) is 7.31. The first-order valence-electron chi connectivity index (χ1n) is 5.09. The van der Waals surface area contributed by atoms with Gasteiger partial charge in [-0.25, -0.2) is 0 Å². The molecule has 0 amide bonds. The molecule has 3 nitrogen and oxygen atoms in total. The molecule has 0 fully saturated rings. The highest BCUT2D eigenvalue weighted by atomic mass is 28.4. The molecule has 0 aliphatic carbocycles. The third kappa shape index (κ3) is 3.57. The summed E-state index contributed by atoms with van der Waals surface area (Å²) in [4.78, 5) is 0. The van der Waals surface area contributed by atoms with Crippen LogP contribution in [-0.2, 0) is 19.9 Å². The fourth-order valence-corrected chi connectivity index (χ4v) is 2.06. The van der Waals surface area contributed by atoms with Gasteiger partial charge in [0, 0.05) is 20.8 Å². The predicted octanol–water partition coefficient (Wildman–Crippen LogP) is 2.71. The number of hydrogen-bond donors (Lipinski definition) is 0. The van der Waals surface area contributed by atoms with Crippen molar-refractivity contribution >= 4 is 14.9 Å². The van der Waals surface area contributed by atoms with Gasteiger partial charge in [-0.1, -0.05) is 30.9 Å². The Kier molecular flexibility index (Phi) is 4.89. The Hall–Kier alpha value is -0.943. The second-order valence-corrected chi connectivity index (χ2v) is 6.34. The fourth-order valence-electron chi connectivity index (χ4n) is 1.23. The summed E-state index contributed by atoms with van der Waals surface area (Å²) in [6.45, 7) is 6.09. The van der Waals surface area contributed by atoms with Crippen LogP contribution in [0, 0.1) is 0 Å². The topological polar surface area (TPSA) is 27.7 Å². The van der Waals surface area contributed by atoms with Crippen molar-refractivity contribution in [1.29, 1.82) is 0 Å². The second kappa shape index (κ2) is 5.96. The largest absolute Gasteiger partial charge is 0.497 e. The van der Waals surface area contributed by atoms with Gasteiger partial charge < -0.3 is 13.3 Å². The van der Waals surface area contributed by atoms with Gasteiger partial charge in [-0.3, -0.25) is 0 Å². The lowest BCUT2D eigenvalue weighted by Gasteiger charge is -2.22. The van der Waals surface area contributed by atoms with E-state index in [1.54, 1.807) is 14.2 Å². The minimum Gasteiger partial charge on any atom is -0.377 e. The summed E-state index contributed by atoms with van der Waals surface area (Å²) >= 11 is 0. The molecule has 0 aliphatic rings. The van der Waals surface area contributed by atoms with Gasteiger partial charge in [-0.15, -0.1) is 0 Å². The molecule has 0 spiro atoms. The van der Waals surface area contributed by atoms with E-state index in [1.165, 1.54) is 0 Å². The summed E-state index contributed by atoms with van der Waals surface area (Å²) in [6, 6.07) is 8.02. The van der Waals surface area contributed by atoms with E-state index in [-0.39, 0.29) is 0 Å². The first-order chi connectivity index (χ1) is 7.63. The van der Waals surface area contributed by atoms with Gasteiger partial charge in [-0.05, 0) is 17.2 Å². The number of benzene rings is 1. The van der Waals surface area contributed by atoms with Gasteiger partial charge in [-0.2, -0.15) is 0 Å². The zero-order valence-electron chi connectivity index (χ0n) is 10.0. The maximum atomic E-state index is 5.67. The van der Waals surface area contributed by atoms with Crippen molar-refractivity contribution in [1.82, 2.24) is 0 Å². The van der Waals surface area contributed by atoms with Crippen LogP contribution >= 0.6 is 0 Å². The molecule has 0 radical (unpaired) electrons. The van der Waals surface area contributed by atoms with Crippen LogP contribution in [0.3, 0.4) is 0 Å². The van der Waals surface area contributed by atoms with E-state index in [1.807, 2.05) is 36.9 Å². The summed E-state index contributed by atoms with van der Waals surface area (Å²) in [7, 11) is 0.781. The quantitative estimate of drug-likeness (QED) is 0.713. The first kappa shape index (κ1) is 13.1. The zero-order valence-corrected chi connectivity index (χ0v) is 11.0. The van der Waals surface area contributed by atoms with E-state index in [2.05, 4.69) is 6.58 Å². The molecule has 0 aliphatic heterocycles. The third-order valence-electron chi connectivity index (χ3n) is 2.43. The number of rotatable bonds is 6. The summed E-state index contributed by atoms with van der Waals surface area (Å²) in [5.41, 5.74) is 2.17. The van der Waals surface area contributed by atoms with Crippen molar-refractivity contribution in [3.8, 4) is 0 Å². The Labute approximate surface area is 98.0 Å². The van der Waals surface area contributed by atoms with Crippen LogP contribution in [-0.4, -0.2) is 23.0 Å². The molecule has 1 rings (SSSR count). The maximum absolute atomic E-state index is 5.67. The van der Waals surface area contributed by atoms with Crippen LogP contribution in [0.15, 0.2) is 30.8 Å². The molecule has 0 aromatic heterocycles. The predicted molar refractivity (Wildman–Crippen MR) is 67.0 cm³/mol. The van der Waals surface area contributed by atoms with Gasteiger partial charge in [0.15, 0.2) is 0 Å². The normalized spacial score (nSPS) is 11.4. The zero-order chi connectivity index (χ0) is 12.0. The molecule has 16 heavy (non-hydrogen) atoms. The van der Waals surface area contributed by atoms with Crippen molar-refractivity contribution in [2.75, 3.05) is 14.2 Å². The highest BCUT2D eigenvalue weighted by Crippen LogP contribution is 2.12. The van der Waals surface area contributed by atoms with E-state index in [9.17, 15) is 0 Å². The Morgan fingerprint density at radius 3 is 2.56 bits per heavy atom. The van der Waals surface area contributed by atoms with E-state index < -0.39 is 8.80 Å². The number of hydrogen-bond acceptors (Lipinski definition) is 3. The SMILES string of the molecule is C=Cc1cccc(CO[Si](C)(OC)OC)c1. The van der Waals surface area contributed by atoms with Crippen LogP contribution < -0.4 is 0 Å². The van der Waals surface area contributed by atoms with E-state index in [0.29, 0.717) is 6.61 Å². The van der Waals surface area contributed by atoms with Crippen molar-refractivity contribution in [2.24, 2.45) is 0 Å². The lowest BCUT2D eigenvalue weighted by Crippen LogP contribution is -2.39. The Morgan fingerprint density at radius 1 is 1.31 bits per heavy atom. The molecule has 88 valence electrons. The fraction of sp³-hybridized carbons (Fsp3) is 0.333. The summed E-state index contributed by atoms with van der Waals surface area (Å²) < 4.78 is 16.2. The van der Waals surface area contributed by atoms with Crippen molar-refractivity contribution in [3.63, 3.8) is 0 Å². The van der Waals surface area contributed by atoms with Crippen LogP contribution in [0.25, 0.3) is 6.08 Å². The van der Waals surface area contributed by atoms with Crippen molar-refractivity contribution in [3.05, 3.63) is 42.0 Å². The summed E-state index contributed by atoms with van der Waals surface area (Å²) in [5, 5.41) is 0. The van der Waals surface area contributed by atoms with Crippen molar-refractivity contribution in [2.45, 2.75) is 13.2 Å². The molecule has 4 heteroatoms. The van der Waals surface area contributed by atoms with Gasteiger partial charge in [0.1, 0.15) is 0 Å². The third-order valence-corrected chi connectivity index (χ3v) is 4.58. The molecule has 1 aromatic rings.